The van der Waals surface area contributed by atoms with Crippen molar-refractivity contribution in [2.45, 2.75) is 6.92 Å². The Hall–Kier alpha value is -1.15. The van der Waals surface area contributed by atoms with Crippen molar-refractivity contribution in [3.63, 3.8) is 0 Å². The number of esters is 2. The van der Waals surface area contributed by atoms with Crippen molar-refractivity contribution >= 4 is 40.5 Å². The van der Waals surface area contributed by atoms with Crippen LogP contribution in [0.2, 0.25) is 0 Å². The zero-order valence-electron chi connectivity index (χ0n) is 13.4. The van der Waals surface area contributed by atoms with Crippen molar-refractivity contribution in [1.82, 2.24) is 0 Å². The lowest BCUT2D eigenvalue weighted by Gasteiger charge is -2.05. The zero-order chi connectivity index (χ0) is 19.3. The topological polar surface area (TPSA) is 119 Å². The van der Waals surface area contributed by atoms with E-state index >= 15 is 0 Å². The van der Waals surface area contributed by atoms with E-state index in [0.717, 1.165) is 0 Å². The molecule has 0 aliphatic rings. The minimum Gasteiger partial charge on any atom is -0.460 e. The lowest BCUT2D eigenvalue weighted by atomic mass is 10.1. The summed E-state index contributed by atoms with van der Waals surface area (Å²) in [5.41, 5.74) is 0.560. The first kappa shape index (κ1) is 23.9. The van der Waals surface area contributed by atoms with E-state index in [4.69, 9.17) is 42.2 Å². The highest BCUT2D eigenvalue weighted by atomic mass is 35.9. The maximum Gasteiger partial charge on any atom is 0.380 e. The van der Waals surface area contributed by atoms with Crippen LogP contribution in [0.1, 0.15) is 27.6 Å². The molecule has 1 rings (SSSR count). The molecule has 25 heavy (non-hydrogen) atoms. The summed E-state index contributed by atoms with van der Waals surface area (Å²) in [6.07, 6.45) is -3.22. The molecule has 0 amide bonds. The molecule has 0 bridgehead atoms. The Bertz CT molecular complexity index is 534. The van der Waals surface area contributed by atoms with Gasteiger partial charge in [-0.05, 0) is 53.7 Å². The SMILES string of the molecule is CCOP(=O)(Cl)Cl.O=C(OCCO)c1ccc(C(=O)OCCO)cc1. The second kappa shape index (κ2) is 13.1. The number of benzene rings is 1. The summed E-state index contributed by atoms with van der Waals surface area (Å²) in [4.78, 5) is 22.7. The van der Waals surface area contributed by atoms with Crippen LogP contribution in [0, 0.1) is 0 Å². The highest BCUT2D eigenvalue weighted by Crippen LogP contribution is 2.57. The fourth-order valence-corrected chi connectivity index (χ4v) is 2.22. The molecule has 0 radical (unpaired) electrons. The van der Waals surface area contributed by atoms with E-state index in [2.05, 4.69) is 4.52 Å². The van der Waals surface area contributed by atoms with Crippen molar-refractivity contribution in [1.29, 1.82) is 0 Å². The van der Waals surface area contributed by atoms with E-state index < -0.39 is 18.0 Å². The summed E-state index contributed by atoms with van der Waals surface area (Å²) < 4.78 is 23.8. The molecule has 0 saturated carbocycles. The molecule has 0 atom stereocenters. The predicted molar refractivity (Wildman–Crippen MR) is 92.1 cm³/mol. The van der Waals surface area contributed by atoms with E-state index in [9.17, 15) is 14.2 Å². The Morgan fingerprint density at radius 1 is 0.960 bits per heavy atom. The van der Waals surface area contributed by atoms with Gasteiger partial charge >= 0.3 is 18.0 Å². The fourth-order valence-electron chi connectivity index (χ4n) is 1.34. The summed E-state index contributed by atoms with van der Waals surface area (Å²) in [6.45, 7) is 1.33. The van der Waals surface area contributed by atoms with Gasteiger partial charge in [0.2, 0.25) is 0 Å². The summed E-state index contributed by atoms with van der Waals surface area (Å²) in [7, 11) is 0. The second-order valence-corrected chi connectivity index (χ2v) is 8.41. The fraction of sp³-hybridized carbons (Fsp3) is 0.429. The van der Waals surface area contributed by atoms with Crippen molar-refractivity contribution in [3.8, 4) is 0 Å². The molecule has 11 heteroatoms. The van der Waals surface area contributed by atoms with E-state index in [1.165, 1.54) is 24.3 Å². The third-order valence-corrected chi connectivity index (χ3v) is 3.43. The van der Waals surface area contributed by atoms with Gasteiger partial charge in [0, 0.05) is 0 Å². The van der Waals surface area contributed by atoms with Crippen molar-refractivity contribution in [2.75, 3.05) is 33.0 Å². The highest BCUT2D eigenvalue weighted by Gasteiger charge is 2.11. The van der Waals surface area contributed by atoms with Gasteiger partial charge < -0.3 is 24.2 Å². The molecule has 0 unspecified atom stereocenters. The van der Waals surface area contributed by atoms with Gasteiger partial charge in [0.05, 0.1) is 30.9 Å². The number of carbonyl (C=O) groups is 2. The van der Waals surface area contributed by atoms with Crippen LogP contribution in [0.3, 0.4) is 0 Å². The average Bonchev–Trinajstić information content (AvgIpc) is 2.57. The van der Waals surface area contributed by atoms with Gasteiger partial charge in [-0.3, -0.25) is 4.57 Å². The molecule has 0 aliphatic carbocycles. The maximum atomic E-state index is 11.4. The van der Waals surface area contributed by atoms with Crippen LogP contribution >= 0.6 is 28.6 Å². The van der Waals surface area contributed by atoms with Gasteiger partial charge in [-0.15, -0.1) is 0 Å². The maximum absolute atomic E-state index is 11.4. The standard InChI is InChI=1S/C12H14O6.C2H5Cl2O2P/c13-5-7-17-11(15)9-1-2-10(4-3-9)12(16)18-8-6-14;1-2-6-7(3,4)5/h1-4,13-14H,5-8H2;2H2,1H3. The largest absolute Gasteiger partial charge is 0.460 e. The van der Waals surface area contributed by atoms with Crippen molar-refractivity contribution in [2.24, 2.45) is 0 Å². The van der Waals surface area contributed by atoms with Crippen LogP contribution in [-0.4, -0.2) is 55.2 Å². The van der Waals surface area contributed by atoms with Gasteiger partial charge in [0.25, 0.3) is 0 Å². The molecule has 0 aromatic heterocycles. The smallest absolute Gasteiger partial charge is 0.380 e. The van der Waals surface area contributed by atoms with Gasteiger partial charge in [0.1, 0.15) is 13.2 Å². The lowest BCUT2D eigenvalue weighted by molar-refractivity contribution is 0.0422. The number of ether oxygens (including phenoxy) is 2. The Morgan fingerprint density at radius 2 is 1.32 bits per heavy atom. The molecule has 1 aromatic rings. The molecule has 0 fully saturated rings. The number of carbonyl (C=O) groups excluding carboxylic acids is 2. The normalized spacial score (nSPS) is 10.4. The molecular weight excluding hydrogens is 398 g/mol. The minimum atomic E-state index is -3.22. The summed E-state index contributed by atoms with van der Waals surface area (Å²) in [5, 5.41) is 17.0. The Kier molecular flexibility index (Phi) is 12.5. The molecule has 0 aliphatic heterocycles. The first-order valence-corrected chi connectivity index (χ1v) is 10.5. The number of aliphatic hydroxyl groups excluding tert-OH is 2. The Labute approximate surface area is 154 Å². The molecular formula is C14H19Cl2O8P. The summed E-state index contributed by atoms with van der Waals surface area (Å²) in [6, 6.07) is 5.70. The van der Waals surface area contributed by atoms with Crippen LogP contribution in [0.15, 0.2) is 24.3 Å². The van der Waals surface area contributed by atoms with E-state index in [-0.39, 0.29) is 44.2 Å². The summed E-state index contributed by atoms with van der Waals surface area (Å²) >= 11 is 9.86. The molecule has 8 nitrogen and oxygen atoms in total. The van der Waals surface area contributed by atoms with E-state index in [1.807, 2.05) is 0 Å². The first-order chi connectivity index (χ1) is 11.7. The van der Waals surface area contributed by atoms with E-state index in [1.54, 1.807) is 6.92 Å². The predicted octanol–water partition coefficient (Wildman–Crippen LogP) is 2.59. The average molecular weight is 417 g/mol. The van der Waals surface area contributed by atoms with Crippen molar-refractivity contribution < 1.29 is 38.4 Å². The van der Waals surface area contributed by atoms with Gasteiger partial charge in [-0.25, -0.2) is 9.59 Å². The van der Waals surface area contributed by atoms with Crippen LogP contribution < -0.4 is 0 Å². The number of hydrogen-bond acceptors (Lipinski definition) is 8. The number of halogens is 2. The van der Waals surface area contributed by atoms with E-state index in [0.29, 0.717) is 0 Å². The van der Waals surface area contributed by atoms with Crippen LogP contribution in [0.25, 0.3) is 0 Å². The highest BCUT2D eigenvalue weighted by molar-refractivity contribution is 8.05. The Balaban J connectivity index is 0.000000697. The van der Waals surface area contributed by atoms with Gasteiger partial charge in [-0.2, -0.15) is 0 Å². The molecule has 142 valence electrons. The van der Waals surface area contributed by atoms with Crippen molar-refractivity contribution in [3.05, 3.63) is 35.4 Å². The van der Waals surface area contributed by atoms with Gasteiger partial charge in [0.15, 0.2) is 0 Å². The molecule has 0 spiro atoms. The molecule has 0 saturated heterocycles. The monoisotopic (exact) mass is 416 g/mol. The molecule has 0 heterocycles. The van der Waals surface area contributed by atoms with Crippen LogP contribution in [0.5, 0.6) is 0 Å². The van der Waals surface area contributed by atoms with Gasteiger partial charge in [-0.1, -0.05) is 0 Å². The first-order valence-electron chi connectivity index (χ1n) is 7.05. The number of aliphatic hydroxyl groups is 2. The Morgan fingerprint density at radius 3 is 1.52 bits per heavy atom. The minimum absolute atomic E-state index is 0.0703. The zero-order valence-corrected chi connectivity index (χ0v) is 15.8. The second-order valence-electron chi connectivity index (χ2n) is 4.13. The molecule has 2 N–H and O–H groups in total. The number of rotatable bonds is 8. The van der Waals surface area contributed by atoms with Crippen LogP contribution in [0.4, 0.5) is 0 Å². The summed E-state index contributed by atoms with van der Waals surface area (Å²) in [5.74, 6) is -1.14. The quantitative estimate of drug-likeness (QED) is 0.490. The lowest BCUT2D eigenvalue weighted by Crippen LogP contribution is -2.11. The third kappa shape index (κ3) is 11.9. The van der Waals surface area contributed by atoms with Crippen LogP contribution in [-0.2, 0) is 18.6 Å². The third-order valence-electron chi connectivity index (χ3n) is 2.28. The number of hydrogen-bond donors (Lipinski definition) is 2. The molecule has 1 aromatic carbocycles.